The SMILES string of the molecule is NC(=O)N(C[C@@H]1O[C@H](COCc2ccccc2)[C@@H](OCc2ccccc2)[C@H]1OCc1ccccc1)N=O. The number of amides is 2. The average molecular weight is 506 g/mol. The van der Waals surface area contributed by atoms with Crippen molar-refractivity contribution in [3.05, 3.63) is 113 Å². The Labute approximate surface area is 216 Å². The number of hydrogen-bond donors (Lipinski definition) is 1. The van der Waals surface area contributed by atoms with Crippen LogP contribution in [0.3, 0.4) is 0 Å². The highest BCUT2D eigenvalue weighted by atomic mass is 16.6. The lowest BCUT2D eigenvalue weighted by Crippen LogP contribution is -2.44. The molecule has 1 aliphatic rings. The summed E-state index contributed by atoms with van der Waals surface area (Å²) < 4.78 is 24.9. The predicted molar refractivity (Wildman–Crippen MR) is 137 cm³/mol. The standard InChI is InChI=1S/C28H31N3O6/c29-28(32)31(30-33)16-24-26(35-18-22-12-6-2-7-13-22)27(36-19-23-14-8-3-9-15-23)25(37-24)20-34-17-21-10-4-1-5-11-21/h1-15,24-27H,16-20H2,(H2,29,32)/t24-,25+,26-,27+/m0/s1. The Hall–Kier alpha value is -3.63. The van der Waals surface area contributed by atoms with Gasteiger partial charge in [-0.15, -0.1) is 4.91 Å². The summed E-state index contributed by atoms with van der Waals surface area (Å²) in [7, 11) is 0. The summed E-state index contributed by atoms with van der Waals surface area (Å²) >= 11 is 0. The molecule has 9 heteroatoms. The molecule has 0 unspecified atom stereocenters. The zero-order valence-corrected chi connectivity index (χ0v) is 20.4. The minimum absolute atomic E-state index is 0.168. The first-order chi connectivity index (χ1) is 18.1. The number of nitroso groups, excluding NO2 is 1. The van der Waals surface area contributed by atoms with Crippen molar-refractivity contribution in [1.82, 2.24) is 5.01 Å². The molecule has 0 bridgehead atoms. The summed E-state index contributed by atoms with van der Waals surface area (Å²) in [6.07, 6.45) is -2.37. The first-order valence-corrected chi connectivity index (χ1v) is 12.1. The monoisotopic (exact) mass is 505 g/mol. The third kappa shape index (κ3) is 7.68. The zero-order valence-electron chi connectivity index (χ0n) is 20.4. The first kappa shape index (κ1) is 26.4. The summed E-state index contributed by atoms with van der Waals surface area (Å²) in [6.45, 7) is 1.07. The molecule has 1 aliphatic heterocycles. The van der Waals surface area contributed by atoms with Crippen LogP contribution in [0.2, 0.25) is 0 Å². The number of nitrogens with zero attached hydrogens (tertiary/aromatic N) is 2. The molecule has 4 rings (SSSR count). The molecule has 2 N–H and O–H groups in total. The maximum atomic E-state index is 11.7. The van der Waals surface area contributed by atoms with Gasteiger partial charge in [-0.3, -0.25) is 0 Å². The number of carbonyl (C=O) groups excluding carboxylic acids is 1. The molecule has 0 aliphatic carbocycles. The fraction of sp³-hybridized carbons (Fsp3) is 0.321. The van der Waals surface area contributed by atoms with E-state index in [1.165, 1.54) is 0 Å². The number of primary amides is 1. The van der Waals surface area contributed by atoms with Gasteiger partial charge in [0.2, 0.25) is 0 Å². The van der Waals surface area contributed by atoms with Crippen LogP contribution in [0.5, 0.6) is 0 Å². The van der Waals surface area contributed by atoms with Crippen molar-refractivity contribution in [2.45, 2.75) is 44.2 Å². The molecule has 3 aromatic rings. The van der Waals surface area contributed by atoms with E-state index >= 15 is 0 Å². The van der Waals surface area contributed by atoms with Gasteiger partial charge in [0, 0.05) is 0 Å². The van der Waals surface area contributed by atoms with Crippen LogP contribution in [0.15, 0.2) is 96.3 Å². The summed E-state index contributed by atoms with van der Waals surface area (Å²) in [5.74, 6) is 0. The zero-order chi connectivity index (χ0) is 25.9. The second-order valence-corrected chi connectivity index (χ2v) is 8.74. The van der Waals surface area contributed by atoms with Crippen LogP contribution in [0.25, 0.3) is 0 Å². The molecule has 9 nitrogen and oxygen atoms in total. The van der Waals surface area contributed by atoms with E-state index in [1.54, 1.807) is 0 Å². The van der Waals surface area contributed by atoms with Crippen molar-refractivity contribution >= 4 is 6.03 Å². The number of nitrogens with two attached hydrogens (primary N) is 1. The smallest absolute Gasteiger partial charge is 0.337 e. The van der Waals surface area contributed by atoms with E-state index in [-0.39, 0.29) is 13.2 Å². The number of urea groups is 1. The van der Waals surface area contributed by atoms with Gasteiger partial charge in [0.1, 0.15) is 24.4 Å². The van der Waals surface area contributed by atoms with Crippen LogP contribution < -0.4 is 5.73 Å². The van der Waals surface area contributed by atoms with Crippen molar-refractivity contribution in [3.63, 3.8) is 0 Å². The fourth-order valence-corrected chi connectivity index (χ4v) is 4.22. The molecule has 37 heavy (non-hydrogen) atoms. The highest BCUT2D eigenvalue weighted by molar-refractivity contribution is 5.71. The van der Waals surface area contributed by atoms with Crippen molar-refractivity contribution in [2.75, 3.05) is 13.2 Å². The molecule has 0 radical (unpaired) electrons. The Bertz CT molecular complexity index is 1100. The Morgan fingerprint density at radius 1 is 0.757 bits per heavy atom. The molecular formula is C28H31N3O6. The van der Waals surface area contributed by atoms with Crippen LogP contribution in [0.4, 0.5) is 4.79 Å². The Morgan fingerprint density at radius 3 is 1.68 bits per heavy atom. The molecule has 2 amide bonds. The van der Waals surface area contributed by atoms with Gasteiger partial charge in [0.15, 0.2) is 0 Å². The van der Waals surface area contributed by atoms with Gasteiger partial charge in [-0.05, 0) is 16.7 Å². The lowest BCUT2D eigenvalue weighted by molar-refractivity contribution is -0.0899. The Balaban J connectivity index is 1.52. The summed E-state index contributed by atoms with van der Waals surface area (Å²) in [4.78, 5) is 23.0. The molecule has 194 valence electrons. The van der Waals surface area contributed by atoms with Gasteiger partial charge in [-0.1, -0.05) is 91.0 Å². The number of carbonyl (C=O) groups is 1. The lowest BCUT2D eigenvalue weighted by atomic mass is 10.1. The number of ether oxygens (including phenoxy) is 4. The van der Waals surface area contributed by atoms with Gasteiger partial charge in [-0.2, -0.15) is 5.01 Å². The maximum absolute atomic E-state index is 11.7. The Kier molecular flexibility index (Phi) is 9.73. The van der Waals surface area contributed by atoms with E-state index in [0.717, 1.165) is 16.7 Å². The second-order valence-electron chi connectivity index (χ2n) is 8.74. The molecular weight excluding hydrogens is 474 g/mol. The van der Waals surface area contributed by atoms with E-state index in [1.807, 2.05) is 91.0 Å². The van der Waals surface area contributed by atoms with E-state index in [2.05, 4.69) is 5.29 Å². The molecule has 0 spiro atoms. The molecule has 3 aromatic carbocycles. The third-order valence-electron chi connectivity index (χ3n) is 6.08. The molecule has 1 saturated heterocycles. The number of rotatable bonds is 13. The van der Waals surface area contributed by atoms with Gasteiger partial charge >= 0.3 is 6.03 Å². The normalized spacial score (nSPS) is 21.0. The van der Waals surface area contributed by atoms with Crippen LogP contribution in [-0.4, -0.2) is 48.6 Å². The highest BCUT2D eigenvalue weighted by Gasteiger charge is 2.47. The average Bonchev–Trinajstić information content (AvgIpc) is 3.26. The van der Waals surface area contributed by atoms with E-state index < -0.39 is 30.4 Å². The van der Waals surface area contributed by atoms with Crippen LogP contribution >= 0.6 is 0 Å². The minimum atomic E-state index is -0.967. The maximum Gasteiger partial charge on any atom is 0.337 e. The van der Waals surface area contributed by atoms with Gasteiger partial charge in [0.05, 0.1) is 38.3 Å². The van der Waals surface area contributed by atoms with E-state index in [9.17, 15) is 9.70 Å². The van der Waals surface area contributed by atoms with E-state index in [4.69, 9.17) is 24.7 Å². The van der Waals surface area contributed by atoms with Gasteiger partial charge < -0.3 is 24.7 Å². The highest BCUT2D eigenvalue weighted by Crippen LogP contribution is 2.30. The Morgan fingerprint density at radius 2 is 1.22 bits per heavy atom. The van der Waals surface area contributed by atoms with Crippen molar-refractivity contribution in [3.8, 4) is 0 Å². The lowest BCUT2D eigenvalue weighted by Gasteiger charge is -2.26. The van der Waals surface area contributed by atoms with Crippen LogP contribution in [-0.2, 0) is 38.8 Å². The molecule has 0 saturated carbocycles. The summed E-state index contributed by atoms with van der Waals surface area (Å²) in [5.41, 5.74) is 8.31. The van der Waals surface area contributed by atoms with Crippen molar-refractivity contribution < 1.29 is 23.7 Å². The number of benzene rings is 3. The van der Waals surface area contributed by atoms with Gasteiger partial charge in [0.25, 0.3) is 0 Å². The molecule has 1 fully saturated rings. The molecule has 1 heterocycles. The third-order valence-corrected chi connectivity index (χ3v) is 6.08. The van der Waals surface area contributed by atoms with Crippen molar-refractivity contribution in [1.29, 1.82) is 0 Å². The first-order valence-electron chi connectivity index (χ1n) is 12.1. The minimum Gasteiger partial charge on any atom is -0.374 e. The summed E-state index contributed by atoms with van der Waals surface area (Å²) in [6, 6.07) is 28.3. The summed E-state index contributed by atoms with van der Waals surface area (Å²) in [5, 5.41) is 3.38. The largest absolute Gasteiger partial charge is 0.374 e. The fourth-order valence-electron chi connectivity index (χ4n) is 4.22. The topological polar surface area (TPSA) is 113 Å². The van der Waals surface area contributed by atoms with Crippen molar-refractivity contribution in [2.24, 2.45) is 11.0 Å². The van der Waals surface area contributed by atoms with Gasteiger partial charge in [-0.25, -0.2) is 4.79 Å². The quantitative estimate of drug-likeness (QED) is 0.275. The number of hydrogen-bond acceptors (Lipinski definition) is 7. The molecule has 0 aromatic heterocycles. The predicted octanol–water partition coefficient (Wildman–Crippen LogP) is 4.20. The van der Waals surface area contributed by atoms with E-state index in [0.29, 0.717) is 24.8 Å². The molecule has 4 atom stereocenters. The van der Waals surface area contributed by atoms with Crippen LogP contribution in [0, 0.1) is 4.91 Å². The van der Waals surface area contributed by atoms with Crippen LogP contribution in [0.1, 0.15) is 16.7 Å². The second kappa shape index (κ2) is 13.6.